The lowest BCUT2D eigenvalue weighted by molar-refractivity contribution is -0.141. The van der Waals surface area contributed by atoms with Gasteiger partial charge in [-0.05, 0) is 24.9 Å². The number of carbonyl (C=O) groups is 3. The molecule has 0 radical (unpaired) electrons. The van der Waals surface area contributed by atoms with Crippen molar-refractivity contribution in [3.63, 3.8) is 0 Å². The molecule has 0 heterocycles. The van der Waals surface area contributed by atoms with Crippen molar-refractivity contribution in [2.75, 3.05) is 12.0 Å². The second kappa shape index (κ2) is 9.59. The number of hydrazine groups is 1. The van der Waals surface area contributed by atoms with Crippen LogP contribution < -0.4 is 16.6 Å². The van der Waals surface area contributed by atoms with Gasteiger partial charge in [0.1, 0.15) is 12.1 Å². The first-order valence-corrected chi connectivity index (χ1v) is 7.01. The number of hydrogen-bond donors (Lipinski definition) is 5. The molecule has 0 spiro atoms. The van der Waals surface area contributed by atoms with Crippen molar-refractivity contribution < 1.29 is 24.6 Å². The van der Waals surface area contributed by atoms with E-state index < -0.39 is 29.9 Å². The third kappa shape index (κ3) is 8.41. The van der Waals surface area contributed by atoms with Crippen LogP contribution in [0.3, 0.4) is 0 Å². The average molecular weight is 293 g/mol. The maximum absolute atomic E-state index is 11.1. The summed E-state index contributed by atoms with van der Waals surface area (Å²) in [5.74, 6) is -2.20. The lowest BCUT2D eigenvalue weighted by Crippen LogP contribution is -2.54. The van der Waals surface area contributed by atoms with Crippen LogP contribution in [0.4, 0.5) is 0 Å². The van der Waals surface area contributed by atoms with Gasteiger partial charge in [0.15, 0.2) is 0 Å². The van der Waals surface area contributed by atoms with Gasteiger partial charge in [0.2, 0.25) is 5.91 Å². The molecule has 8 nitrogen and oxygen atoms in total. The third-order valence-corrected chi connectivity index (χ3v) is 2.97. The van der Waals surface area contributed by atoms with E-state index in [0.717, 1.165) is 0 Å². The summed E-state index contributed by atoms with van der Waals surface area (Å²) in [6.45, 7) is 0. The van der Waals surface area contributed by atoms with Gasteiger partial charge in [-0.15, -0.1) is 0 Å². The van der Waals surface area contributed by atoms with Crippen molar-refractivity contribution >= 4 is 29.6 Å². The number of carboxylic acid groups (broad SMARTS) is 2. The standard InChI is InChI=1S/C10H19N3O5S/c1-19-5-4-7(10(17)18)13-12-6(9(11)16)2-3-8(14)15/h6-7,12-13H,2-5H2,1H3,(H2,11,16)(H,14,15)(H,17,18)/t6-,7-/m0/s1. The highest BCUT2D eigenvalue weighted by atomic mass is 32.2. The Morgan fingerprint density at radius 2 is 1.74 bits per heavy atom. The SMILES string of the molecule is CSCC[C@H](NN[C@@H](CCC(=O)O)C(N)=O)C(=O)O. The number of primary amides is 1. The molecule has 0 aromatic rings. The van der Waals surface area contributed by atoms with E-state index in [2.05, 4.69) is 10.9 Å². The first kappa shape index (κ1) is 17.7. The molecule has 0 aromatic heterocycles. The molecule has 0 aliphatic carbocycles. The summed E-state index contributed by atoms with van der Waals surface area (Å²) in [6.07, 6.45) is 1.98. The van der Waals surface area contributed by atoms with E-state index in [-0.39, 0.29) is 12.8 Å². The van der Waals surface area contributed by atoms with Crippen LogP contribution in [-0.2, 0) is 14.4 Å². The summed E-state index contributed by atoms with van der Waals surface area (Å²) < 4.78 is 0. The van der Waals surface area contributed by atoms with Crippen molar-refractivity contribution in [3.8, 4) is 0 Å². The van der Waals surface area contributed by atoms with Crippen LogP contribution in [0.2, 0.25) is 0 Å². The predicted octanol–water partition coefficient (Wildman–Crippen LogP) is -0.994. The molecule has 0 bridgehead atoms. The van der Waals surface area contributed by atoms with Crippen molar-refractivity contribution in [2.24, 2.45) is 5.73 Å². The van der Waals surface area contributed by atoms with Crippen molar-refractivity contribution in [3.05, 3.63) is 0 Å². The minimum Gasteiger partial charge on any atom is -0.481 e. The van der Waals surface area contributed by atoms with Crippen LogP contribution in [0.1, 0.15) is 19.3 Å². The average Bonchev–Trinajstić information content (AvgIpc) is 2.31. The maximum atomic E-state index is 11.1. The van der Waals surface area contributed by atoms with Crippen LogP contribution in [0.15, 0.2) is 0 Å². The van der Waals surface area contributed by atoms with Gasteiger partial charge in [-0.2, -0.15) is 11.8 Å². The Labute approximate surface area is 115 Å². The fourth-order valence-electron chi connectivity index (χ4n) is 1.25. The zero-order chi connectivity index (χ0) is 14.8. The number of thioether (sulfide) groups is 1. The molecular formula is C10H19N3O5S. The number of nitrogens with one attached hydrogen (secondary N) is 2. The van der Waals surface area contributed by atoms with E-state index in [4.69, 9.17) is 15.9 Å². The molecule has 110 valence electrons. The first-order valence-electron chi connectivity index (χ1n) is 5.62. The highest BCUT2D eigenvalue weighted by molar-refractivity contribution is 7.98. The van der Waals surface area contributed by atoms with Gasteiger partial charge >= 0.3 is 11.9 Å². The second-order valence-corrected chi connectivity index (χ2v) is 4.83. The summed E-state index contributed by atoms with van der Waals surface area (Å²) in [5.41, 5.74) is 10.1. The molecule has 0 unspecified atom stereocenters. The van der Waals surface area contributed by atoms with Crippen molar-refractivity contribution in [1.29, 1.82) is 0 Å². The second-order valence-electron chi connectivity index (χ2n) is 3.85. The van der Waals surface area contributed by atoms with Crippen molar-refractivity contribution in [2.45, 2.75) is 31.3 Å². The summed E-state index contributed by atoms with van der Waals surface area (Å²) in [4.78, 5) is 32.4. The Bertz CT molecular complexity index is 326. The Morgan fingerprint density at radius 1 is 1.16 bits per heavy atom. The highest BCUT2D eigenvalue weighted by Gasteiger charge is 2.21. The van der Waals surface area contributed by atoms with Crippen molar-refractivity contribution in [1.82, 2.24) is 10.9 Å². The normalized spacial score (nSPS) is 13.7. The molecule has 2 atom stereocenters. The Hall–Kier alpha value is -1.32. The minimum atomic E-state index is -1.05. The highest BCUT2D eigenvalue weighted by Crippen LogP contribution is 2.01. The monoisotopic (exact) mass is 293 g/mol. The number of amides is 1. The van der Waals surface area contributed by atoms with E-state index in [1.165, 1.54) is 11.8 Å². The summed E-state index contributed by atoms with van der Waals surface area (Å²) in [6, 6.07) is -1.79. The predicted molar refractivity (Wildman–Crippen MR) is 70.5 cm³/mol. The molecule has 1 amide bonds. The molecule has 0 fully saturated rings. The molecule has 0 saturated heterocycles. The quantitative estimate of drug-likeness (QED) is 0.305. The van der Waals surface area contributed by atoms with Gasteiger partial charge in [-0.1, -0.05) is 0 Å². The first-order chi connectivity index (χ1) is 8.88. The van der Waals surface area contributed by atoms with E-state index in [0.29, 0.717) is 12.2 Å². The van der Waals surface area contributed by atoms with Crippen LogP contribution >= 0.6 is 11.8 Å². The number of carboxylic acids is 2. The molecule has 0 rings (SSSR count). The van der Waals surface area contributed by atoms with E-state index in [1.54, 1.807) is 0 Å². The van der Waals surface area contributed by atoms with Crippen LogP contribution in [0.5, 0.6) is 0 Å². The maximum Gasteiger partial charge on any atom is 0.322 e. The molecule has 19 heavy (non-hydrogen) atoms. The Morgan fingerprint density at radius 3 is 2.16 bits per heavy atom. The lowest BCUT2D eigenvalue weighted by Gasteiger charge is -2.19. The third-order valence-electron chi connectivity index (χ3n) is 2.33. The fourth-order valence-corrected chi connectivity index (χ4v) is 1.72. The Kier molecular flexibility index (Phi) is 8.92. The summed E-state index contributed by atoms with van der Waals surface area (Å²) >= 11 is 1.50. The zero-order valence-electron chi connectivity index (χ0n) is 10.6. The van der Waals surface area contributed by atoms with Gasteiger partial charge < -0.3 is 15.9 Å². The summed E-state index contributed by atoms with van der Waals surface area (Å²) in [5, 5.41) is 17.5. The van der Waals surface area contributed by atoms with Gasteiger partial charge in [-0.3, -0.25) is 14.4 Å². The van der Waals surface area contributed by atoms with Gasteiger partial charge in [-0.25, -0.2) is 10.9 Å². The van der Waals surface area contributed by atoms with Gasteiger partial charge in [0.25, 0.3) is 0 Å². The van der Waals surface area contributed by atoms with Gasteiger partial charge in [0, 0.05) is 6.42 Å². The van der Waals surface area contributed by atoms with E-state index >= 15 is 0 Å². The molecule has 0 saturated carbocycles. The number of rotatable bonds is 11. The number of nitrogens with two attached hydrogens (primary N) is 1. The topological polar surface area (TPSA) is 142 Å². The van der Waals surface area contributed by atoms with Crippen LogP contribution in [0.25, 0.3) is 0 Å². The zero-order valence-corrected chi connectivity index (χ0v) is 11.4. The Balaban J connectivity index is 4.29. The van der Waals surface area contributed by atoms with E-state index in [9.17, 15) is 14.4 Å². The minimum absolute atomic E-state index is 0.00741. The molecule has 0 aliphatic rings. The molecular weight excluding hydrogens is 274 g/mol. The molecule has 0 aliphatic heterocycles. The van der Waals surface area contributed by atoms with Crippen LogP contribution in [0, 0.1) is 0 Å². The number of aliphatic carboxylic acids is 2. The fraction of sp³-hybridized carbons (Fsp3) is 0.700. The smallest absolute Gasteiger partial charge is 0.322 e. The van der Waals surface area contributed by atoms with E-state index in [1.807, 2.05) is 6.26 Å². The van der Waals surface area contributed by atoms with Crippen LogP contribution in [-0.4, -0.2) is 52.2 Å². The van der Waals surface area contributed by atoms with Gasteiger partial charge in [0.05, 0.1) is 0 Å². The number of hydrogen-bond acceptors (Lipinski definition) is 6. The summed E-state index contributed by atoms with van der Waals surface area (Å²) in [7, 11) is 0. The molecule has 9 heteroatoms. The largest absolute Gasteiger partial charge is 0.481 e. The molecule has 6 N–H and O–H groups in total. The number of carbonyl (C=O) groups excluding carboxylic acids is 1. The molecule has 0 aromatic carbocycles. The lowest BCUT2D eigenvalue weighted by atomic mass is 10.1.